The molecule has 0 aromatic heterocycles. The standard InChI is InChI=1S/C22H24F4N2O3.C2H6/c1-12-15(9-27)18(14-7-6-13(23)8-16(14)22(24,25)26)19(17(28-12)10-30-5)20(29)31-11-21(2,3)4;1-2/h6-8,18,28H,10-11H2,1-5H3;1-2H3. The molecule has 0 spiro atoms. The zero-order chi connectivity index (χ0) is 25.6. The van der Waals surface area contributed by atoms with Gasteiger partial charge in [-0.05, 0) is 30.0 Å². The van der Waals surface area contributed by atoms with E-state index in [2.05, 4.69) is 5.32 Å². The van der Waals surface area contributed by atoms with Crippen LogP contribution in [0.5, 0.6) is 0 Å². The number of carbonyl (C=O) groups excluding carboxylic acids is 1. The molecule has 0 fully saturated rings. The Bertz CT molecular complexity index is 967. The molecule has 0 saturated heterocycles. The Morgan fingerprint density at radius 2 is 1.82 bits per heavy atom. The molecule has 1 aromatic carbocycles. The molecule has 2 rings (SSSR count). The lowest BCUT2D eigenvalue weighted by Gasteiger charge is -2.31. The number of alkyl halides is 3. The zero-order valence-electron chi connectivity index (χ0n) is 19.9. The second-order valence-electron chi connectivity index (χ2n) is 8.40. The van der Waals surface area contributed by atoms with Crippen LogP contribution < -0.4 is 5.32 Å². The van der Waals surface area contributed by atoms with Gasteiger partial charge in [-0.15, -0.1) is 0 Å². The van der Waals surface area contributed by atoms with Gasteiger partial charge in [-0.2, -0.15) is 18.4 Å². The number of dihydropyridines is 1. The average Bonchev–Trinajstić information content (AvgIpc) is 2.72. The smallest absolute Gasteiger partial charge is 0.416 e. The maximum absolute atomic E-state index is 13.8. The van der Waals surface area contributed by atoms with Gasteiger partial charge in [0.25, 0.3) is 0 Å². The van der Waals surface area contributed by atoms with Crippen LogP contribution in [0.1, 0.15) is 58.6 Å². The van der Waals surface area contributed by atoms with Crippen LogP contribution in [0.15, 0.2) is 40.7 Å². The van der Waals surface area contributed by atoms with Gasteiger partial charge in [0.15, 0.2) is 0 Å². The molecule has 1 unspecified atom stereocenters. The number of allylic oxidation sites excluding steroid dienone is 2. The Kier molecular flexibility index (Phi) is 9.67. The van der Waals surface area contributed by atoms with Gasteiger partial charge in [-0.25, -0.2) is 9.18 Å². The molecule has 33 heavy (non-hydrogen) atoms. The summed E-state index contributed by atoms with van der Waals surface area (Å²) in [5.74, 6) is -3.36. The lowest BCUT2D eigenvalue weighted by molar-refractivity contribution is -0.143. The zero-order valence-corrected chi connectivity index (χ0v) is 19.9. The molecule has 0 saturated carbocycles. The highest BCUT2D eigenvalue weighted by Crippen LogP contribution is 2.44. The molecule has 5 nitrogen and oxygen atoms in total. The highest BCUT2D eigenvalue weighted by Gasteiger charge is 2.42. The van der Waals surface area contributed by atoms with E-state index < -0.39 is 40.4 Å². The summed E-state index contributed by atoms with van der Waals surface area (Å²) in [7, 11) is 1.36. The number of nitriles is 1. The molecule has 1 aromatic rings. The van der Waals surface area contributed by atoms with Gasteiger partial charge in [0.05, 0.1) is 47.6 Å². The maximum atomic E-state index is 13.8. The molecule has 1 aliphatic rings. The van der Waals surface area contributed by atoms with Crippen LogP contribution in [-0.4, -0.2) is 26.3 Å². The lowest BCUT2D eigenvalue weighted by atomic mass is 9.79. The van der Waals surface area contributed by atoms with Gasteiger partial charge in [-0.1, -0.05) is 40.7 Å². The number of nitrogens with one attached hydrogen (secondary N) is 1. The van der Waals surface area contributed by atoms with Crippen molar-refractivity contribution in [3.63, 3.8) is 0 Å². The average molecular weight is 471 g/mol. The topological polar surface area (TPSA) is 71.3 Å². The van der Waals surface area contributed by atoms with Gasteiger partial charge < -0.3 is 14.8 Å². The van der Waals surface area contributed by atoms with Crippen molar-refractivity contribution in [2.24, 2.45) is 5.41 Å². The van der Waals surface area contributed by atoms with Crippen LogP contribution in [0.4, 0.5) is 17.6 Å². The van der Waals surface area contributed by atoms with Crippen molar-refractivity contribution >= 4 is 5.97 Å². The van der Waals surface area contributed by atoms with Crippen LogP contribution in [0.3, 0.4) is 0 Å². The quantitative estimate of drug-likeness (QED) is 0.432. The molecule has 0 bridgehead atoms. The Morgan fingerprint density at radius 3 is 2.30 bits per heavy atom. The summed E-state index contributed by atoms with van der Waals surface area (Å²) in [6.07, 6.45) is -4.90. The molecule has 1 atom stereocenters. The van der Waals surface area contributed by atoms with Crippen LogP contribution in [0, 0.1) is 22.6 Å². The summed E-state index contributed by atoms with van der Waals surface area (Å²) in [6, 6.07) is 4.06. The molecule has 0 aliphatic carbocycles. The van der Waals surface area contributed by atoms with Crippen LogP contribution in [0.25, 0.3) is 0 Å². The van der Waals surface area contributed by atoms with E-state index in [4.69, 9.17) is 9.47 Å². The molecule has 1 aliphatic heterocycles. The normalized spacial score (nSPS) is 16.5. The van der Waals surface area contributed by atoms with Gasteiger partial charge >= 0.3 is 12.1 Å². The number of rotatable bonds is 5. The van der Waals surface area contributed by atoms with E-state index in [-0.39, 0.29) is 35.8 Å². The van der Waals surface area contributed by atoms with Crippen molar-refractivity contribution in [3.05, 3.63) is 57.7 Å². The predicted molar refractivity (Wildman–Crippen MR) is 116 cm³/mol. The monoisotopic (exact) mass is 470 g/mol. The first kappa shape index (κ1) is 28.2. The number of esters is 1. The van der Waals surface area contributed by atoms with Crippen molar-refractivity contribution < 1.29 is 31.8 Å². The second kappa shape index (κ2) is 11.3. The van der Waals surface area contributed by atoms with Crippen LogP contribution >= 0.6 is 0 Å². The van der Waals surface area contributed by atoms with Crippen LogP contribution in [-0.2, 0) is 20.4 Å². The van der Waals surface area contributed by atoms with Gasteiger partial charge in [0, 0.05) is 12.8 Å². The van der Waals surface area contributed by atoms with E-state index in [9.17, 15) is 27.6 Å². The first-order valence-corrected chi connectivity index (χ1v) is 10.4. The van der Waals surface area contributed by atoms with E-state index >= 15 is 0 Å². The molecule has 182 valence electrons. The Morgan fingerprint density at radius 1 is 1.21 bits per heavy atom. The molecule has 1 heterocycles. The first-order valence-electron chi connectivity index (χ1n) is 10.4. The minimum Gasteiger partial charge on any atom is -0.462 e. The molecule has 0 amide bonds. The number of halogens is 4. The number of nitrogens with zero attached hydrogens (tertiary/aromatic N) is 1. The number of hydrogen-bond acceptors (Lipinski definition) is 5. The summed E-state index contributed by atoms with van der Waals surface area (Å²) in [5, 5.41) is 12.6. The van der Waals surface area contributed by atoms with E-state index in [0.717, 1.165) is 12.1 Å². The number of ether oxygens (including phenoxy) is 2. The molecule has 1 N–H and O–H groups in total. The summed E-state index contributed by atoms with van der Waals surface area (Å²) < 4.78 is 65.4. The summed E-state index contributed by atoms with van der Waals surface area (Å²) >= 11 is 0. The van der Waals surface area contributed by atoms with Crippen molar-refractivity contribution in [3.8, 4) is 6.07 Å². The molecular formula is C24H30F4N2O3. The van der Waals surface area contributed by atoms with Crippen molar-refractivity contribution in [2.45, 2.75) is 53.6 Å². The highest BCUT2D eigenvalue weighted by atomic mass is 19.4. The fourth-order valence-corrected chi connectivity index (χ4v) is 3.24. The third-order valence-electron chi connectivity index (χ3n) is 4.54. The third-order valence-corrected chi connectivity index (χ3v) is 4.54. The first-order chi connectivity index (χ1) is 15.3. The summed E-state index contributed by atoms with van der Waals surface area (Å²) in [4.78, 5) is 13.0. The largest absolute Gasteiger partial charge is 0.462 e. The maximum Gasteiger partial charge on any atom is 0.416 e. The van der Waals surface area contributed by atoms with Crippen molar-refractivity contribution in [1.29, 1.82) is 5.26 Å². The van der Waals surface area contributed by atoms with Gasteiger partial charge in [-0.3, -0.25) is 0 Å². The Hall–Kier alpha value is -2.86. The second-order valence-corrected chi connectivity index (χ2v) is 8.40. The lowest BCUT2D eigenvalue weighted by Crippen LogP contribution is -2.33. The van der Waals surface area contributed by atoms with E-state index in [0.29, 0.717) is 6.07 Å². The van der Waals surface area contributed by atoms with Crippen molar-refractivity contribution in [2.75, 3.05) is 20.3 Å². The molecular weight excluding hydrogens is 440 g/mol. The minimum atomic E-state index is -4.90. The molecule has 9 heteroatoms. The Balaban J connectivity index is 0.00000265. The molecule has 0 radical (unpaired) electrons. The van der Waals surface area contributed by atoms with E-state index in [1.165, 1.54) is 14.0 Å². The third kappa shape index (κ3) is 7.06. The fourth-order valence-electron chi connectivity index (χ4n) is 3.24. The number of carbonyl (C=O) groups is 1. The predicted octanol–water partition coefficient (Wildman–Crippen LogP) is 5.84. The van der Waals surface area contributed by atoms with E-state index in [1.807, 2.05) is 40.7 Å². The van der Waals surface area contributed by atoms with Gasteiger partial charge in [0.1, 0.15) is 5.82 Å². The Labute approximate surface area is 192 Å². The number of hydrogen-bond donors (Lipinski definition) is 1. The summed E-state index contributed by atoms with van der Waals surface area (Å²) in [5.41, 5.74) is -1.90. The highest BCUT2D eigenvalue weighted by molar-refractivity contribution is 5.93. The number of methoxy groups -OCH3 is 1. The van der Waals surface area contributed by atoms with E-state index in [1.54, 1.807) is 0 Å². The van der Waals surface area contributed by atoms with Crippen molar-refractivity contribution in [1.82, 2.24) is 5.32 Å². The van der Waals surface area contributed by atoms with Crippen LogP contribution in [0.2, 0.25) is 0 Å². The summed E-state index contributed by atoms with van der Waals surface area (Å²) in [6.45, 7) is 10.9. The van der Waals surface area contributed by atoms with Gasteiger partial charge in [0.2, 0.25) is 0 Å². The number of benzene rings is 1. The minimum absolute atomic E-state index is 0.00243. The fraction of sp³-hybridized carbons (Fsp3) is 0.500. The SMILES string of the molecule is CC.COCC1=C(C(=O)OCC(C)(C)C)C(c2ccc(F)cc2C(F)(F)F)C(C#N)=C(C)N1.